The van der Waals surface area contributed by atoms with E-state index in [0.29, 0.717) is 11.1 Å². The number of H-pyrrole nitrogens is 2. The molecular formula is C22H16BrN3O2. The first-order chi connectivity index (χ1) is 13.7. The maximum Gasteiger partial charge on any atom is 0.259 e. The first kappa shape index (κ1) is 17.0. The average molecular weight is 434 g/mol. The van der Waals surface area contributed by atoms with E-state index in [1.165, 1.54) is 5.56 Å². The molecule has 2 amide bonds. The van der Waals surface area contributed by atoms with Crippen LogP contribution < -0.4 is 5.32 Å². The Morgan fingerprint density at radius 3 is 2.43 bits per heavy atom. The van der Waals surface area contributed by atoms with Gasteiger partial charge in [-0.15, -0.1) is 0 Å². The number of benzene rings is 2. The van der Waals surface area contributed by atoms with E-state index in [1.54, 1.807) is 0 Å². The molecule has 1 aliphatic heterocycles. The van der Waals surface area contributed by atoms with Crippen LogP contribution in [0.3, 0.4) is 0 Å². The van der Waals surface area contributed by atoms with Crippen LogP contribution in [0.2, 0.25) is 0 Å². The second-order valence-electron chi connectivity index (χ2n) is 6.76. The molecule has 0 aliphatic carbocycles. The van der Waals surface area contributed by atoms with Gasteiger partial charge in [-0.05, 0) is 23.4 Å². The lowest BCUT2D eigenvalue weighted by molar-refractivity contribution is -0.122. The molecule has 3 heterocycles. The molecular weight excluding hydrogens is 418 g/mol. The third kappa shape index (κ3) is 2.45. The summed E-state index contributed by atoms with van der Waals surface area (Å²) < 4.78 is 0. The predicted octanol–water partition coefficient (Wildman–Crippen LogP) is 4.15. The fourth-order valence-corrected chi connectivity index (χ4v) is 4.42. The summed E-state index contributed by atoms with van der Waals surface area (Å²) in [5, 5.41) is 5.26. The normalized spacial score (nSPS) is 14.5. The van der Waals surface area contributed by atoms with Gasteiger partial charge in [0.15, 0.2) is 0 Å². The van der Waals surface area contributed by atoms with Gasteiger partial charge in [-0.1, -0.05) is 52.3 Å². The van der Waals surface area contributed by atoms with Gasteiger partial charge >= 0.3 is 0 Å². The van der Waals surface area contributed by atoms with Gasteiger partial charge < -0.3 is 9.97 Å². The van der Waals surface area contributed by atoms with Gasteiger partial charge in [-0.2, -0.15) is 0 Å². The Hall–Kier alpha value is -3.12. The maximum atomic E-state index is 12.8. The fourth-order valence-electron chi connectivity index (χ4n) is 4.00. The second-order valence-corrected chi connectivity index (χ2v) is 7.55. The van der Waals surface area contributed by atoms with Crippen molar-refractivity contribution in [2.45, 2.75) is 6.42 Å². The summed E-state index contributed by atoms with van der Waals surface area (Å²) in [5.41, 5.74) is 5.30. The average Bonchev–Trinajstić information content (AvgIpc) is 3.39. The molecule has 4 aromatic rings. The number of para-hydroxylation sites is 2. The number of nitrogens with one attached hydrogen (secondary N) is 3. The number of aromatic amines is 2. The molecule has 6 heteroatoms. The lowest BCUT2D eigenvalue weighted by Crippen LogP contribution is -2.22. The van der Waals surface area contributed by atoms with E-state index >= 15 is 0 Å². The quantitative estimate of drug-likeness (QED) is 0.333. The van der Waals surface area contributed by atoms with Crippen molar-refractivity contribution in [2.75, 3.05) is 5.33 Å². The summed E-state index contributed by atoms with van der Waals surface area (Å²) in [7, 11) is 0. The molecule has 28 heavy (non-hydrogen) atoms. The molecule has 5 nitrogen and oxygen atoms in total. The van der Waals surface area contributed by atoms with Gasteiger partial charge in [0.1, 0.15) is 0 Å². The van der Waals surface area contributed by atoms with Crippen LogP contribution in [0.1, 0.15) is 16.7 Å². The van der Waals surface area contributed by atoms with Crippen LogP contribution in [0.15, 0.2) is 54.9 Å². The van der Waals surface area contributed by atoms with Gasteiger partial charge in [0.25, 0.3) is 11.8 Å². The first-order valence-electron chi connectivity index (χ1n) is 9.01. The number of carbonyl (C=O) groups excluding carboxylic acids is 2. The molecule has 0 radical (unpaired) electrons. The molecule has 5 rings (SSSR count). The topological polar surface area (TPSA) is 77.8 Å². The molecule has 0 unspecified atom stereocenters. The number of aryl methyl sites for hydroxylation is 1. The number of carbonyl (C=O) groups is 2. The molecule has 0 saturated carbocycles. The van der Waals surface area contributed by atoms with E-state index in [2.05, 4.69) is 37.3 Å². The molecule has 0 spiro atoms. The van der Waals surface area contributed by atoms with Crippen LogP contribution in [0.25, 0.3) is 33.0 Å². The zero-order chi connectivity index (χ0) is 19.3. The third-order valence-electron chi connectivity index (χ3n) is 5.22. The van der Waals surface area contributed by atoms with Crippen molar-refractivity contribution in [3.8, 4) is 0 Å². The SMILES string of the molecule is O=C1NC(=O)C(c2cccc3cc[nH]c23)=C1c1c[nH]c2c(CCBr)cccc12. The van der Waals surface area contributed by atoms with Gasteiger partial charge in [-0.3, -0.25) is 14.9 Å². The summed E-state index contributed by atoms with van der Waals surface area (Å²) in [6, 6.07) is 13.7. The van der Waals surface area contributed by atoms with Crippen molar-refractivity contribution in [1.82, 2.24) is 15.3 Å². The zero-order valence-electron chi connectivity index (χ0n) is 14.8. The largest absolute Gasteiger partial charge is 0.361 e. The van der Waals surface area contributed by atoms with E-state index in [-0.39, 0.29) is 11.8 Å². The number of imide groups is 1. The second kappa shape index (κ2) is 6.49. The lowest BCUT2D eigenvalue weighted by atomic mass is 9.94. The van der Waals surface area contributed by atoms with E-state index in [4.69, 9.17) is 0 Å². The Bertz CT molecular complexity index is 1300. The number of halogens is 1. The van der Waals surface area contributed by atoms with Crippen molar-refractivity contribution in [1.29, 1.82) is 0 Å². The Morgan fingerprint density at radius 1 is 0.821 bits per heavy atom. The van der Waals surface area contributed by atoms with Crippen LogP contribution in [0.5, 0.6) is 0 Å². The number of amides is 2. The number of aromatic nitrogens is 2. The highest BCUT2D eigenvalue weighted by Crippen LogP contribution is 2.37. The number of fused-ring (bicyclic) bond motifs is 2. The Labute approximate surface area is 169 Å². The predicted molar refractivity (Wildman–Crippen MR) is 114 cm³/mol. The Balaban J connectivity index is 1.81. The van der Waals surface area contributed by atoms with Crippen molar-refractivity contribution < 1.29 is 9.59 Å². The minimum Gasteiger partial charge on any atom is -0.361 e. The first-order valence-corrected chi connectivity index (χ1v) is 10.1. The minimum atomic E-state index is -0.368. The van der Waals surface area contributed by atoms with Crippen LogP contribution >= 0.6 is 15.9 Å². The minimum absolute atomic E-state index is 0.365. The molecule has 0 bridgehead atoms. The van der Waals surface area contributed by atoms with E-state index < -0.39 is 0 Å². The van der Waals surface area contributed by atoms with Gasteiger partial charge in [0.2, 0.25) is 0 Å². The third-order valence-corrected chi connectivity index (χ3v) is 5.62. The molecule has 1 aliphatic rings. The fraction of sp³-hybridized carbons (Fsp3) is 0.0909. The lowest BCUT2D eigenvalue weighted by Gasteiger charge is -2.06. The Kier molecular flexibility index (Phi) is 3.94. The van der Waals surface area contributed by atoms with Crippen molar-refractivity contribution in [2.24, 2.45) is 0 Å². The highest BCUT2D eigenvalue weighted by atomic mass is 79.9. The molecule has 0 fully saturated rings. The summed E-state index contributed by atoms with van der Waals surface area (Å²) in [6.45, 7) is 0. The summed E-state index contributed by atoms with van der Waals surface area (Å²) >= 11 is 3.49. The zero-order valence-corrected chi connectivity index (χ0v) is 16.4. The van der Waals surface area contributed by atoms with E-state index in [0.717, 1.165) is 44.7 Å². The number of alkyl halides is 1. The molecule has 138 valence electrons. The van der Waals surface area contributed by atoms with E-state index in [9.17, 15) is 9.59 Å². The van der Waals surface area contributed by atoms with Crippen molar-refractivity contribution in [3.05, 3.63) is 71.5 Å². The van der Waals surface area contributed by atoms with Crippen LogP contribution in [-0.2, 0) is 16.0 Å². The molecule has 3 N–H and O–H groups in total. The van der Waals surface area contributed by atoms with Crippen LogP contribution in [0, 0.1) is 0 Å². The number of hydrogen-bond donors (Lipinski definition) is 3. The van der Waals surface area contributed by atoms with Gasteiger partial charge in [0.05, 0.1) is 16.7 Å². The van der Waals surface area contributed by atoms with Gasteiger partial charge in [0, 0.05) is 39.8 Å². The van der Waals surface area contributed by atoms with E-state index in [1.807, 2.05) is 48.8 Å². The summed E-state index contributed by atoms with van der Waals surface area (Å²) in [6.07, 6.45) is 4.53. The highest BCUT2D eigenvalue weighted by molar-refractivity contribution is 9.09. The van der Waals surface area contributed by atoms with Crippen LogP contribution in [0.4, 0.5) is 0 Å². The molecule has 0 saturated heterocycles. The molecule has 2 aromatic heterocycles. The Morgan fingerprint density at radius 2 is 1.61 bits per heavy atom. The number of hydrogen-bond acceptors (Lipinski definition) is 2. The molecule has 2 aromatic carbocycles. The standard InChI is InChI=1S/C22H16BrN3O2/c23-9-7-12-3-1-5-14-16(11-25-19(12)14)18-17(21(27)26-22(18)28)15-6-2-4-13-8-10-24-20(13)15/h1-6,8,10-11,24-25H,7,9H2,(H,26,27,28). The summed E-state index contributed by atoms with van der Waals surface area (Å²) in [5.74, 6) is -0.733. The number of rotatable bonds is 4. The highest BCUT2D eigenvalue weighted by Gasteiger charge is 2.34. The molecule has 0 atom stereocenters. The van der Waals surface area contributed by atoms with Gasteiger partial charge in [-0.25, -0.2) is 0 Å². The van der Waals surface area contributed by atoms with Crippen molar-refractivity contribution >= 4 is 60.7 Å². The maximum absolute atomic E-state index is 12.8. The van der Waals surface area contributed by atoms with Crippen LogP contribution in [-0.4, -0.2) is 27.1 Å². The smallest absolute Gasteiger partial charge is 0.259 e. The summed E-state index contributed by atoms with van der Waals surface area (Å²) in [4.78, 5) is 32.0. The van der Waals surface area contributed by atoms with Crippen molar-refractivity contribution in [3.63, 3.8) is 0 Å². The monoisotopic (exact) mass is 433 g/mol.